The summed E-state index contributed by atoms with van der Waals surface area (Å²) in [5.74, 6) is -0.379. The van der Waals surface area contributed by atoms with Crippen LogP contribution in [0, 0.1) is 0 Å². The van der Waals surface area contributed by atoms with Crippen molar-refractivity contribution in [2.45, 2.75) is 52.0 Å². The number of piperazine rings is 1. The molecule has 2 heterocycles. The normalized spacial score (nSPS) is 15.0. The van der Waals surface area contributed by atoms with Gasteiger partial charge in [-0.2, -0.15) is 0 Å². The SMILES string of the molecule is CCOC(=O)c1ccc(CCCCCNC(=O)c2ccc(N3CCN(C(=O)Nc4c(Cl)cc(CN5CCCC5)cc4Cl)CC3)cc2)cc1. The third-order valence-electron chi connectivity index (χ3n) is 8.89. The van der Waals surface area contributed by atoms with Gasteiger partial charge in [0.15, 0.2) is 0 Å². The molecule has 0 atom stereocenters. The Morgan fingerprint density at radius 2 is 1.42 bits per heavy atom. The molecule has 11 heteroatoms. The molecule has 0 aliphatic carbocycles. The van der Waals surface area contributed by atoms with Gasteiger partial charge in [-0.05, 0) is 112 Å². The van der Waals surface area contributed by atoms with E-state index in [2.05, 4.69) is 20.4 Å². The first kappa shape index (κ1) is 35.5. The summed E-state index contributed by atoms with van der Waals surface area (Å²) < 4.78 is 5.03. The van der Waals surface area contributed by atoms with E-state index in [0.717, 1.165) is 56.6 Å². The number of aryl methyl sites for hydroxylation is 1. The number of carbonyl (C=O) groups is 3. The van der Waals surface area contributed by atoms with Crippen molar-refractivity contribution in [3.63, 3.8) is 0 Å². The number of likely N-dealkylation sites (tertiary alicyclic amines) is 1. The van der Waals surface area contributed by atoms with Crippen molar-refractivity contribution in [3.8, 4) is 0 Å². The second-order valence-corrected chi connectivity index (χ2v) is 13.2. The molecule has 3 amide bonds. The Morgan fingerprint density at radius 1 is 0.771 bits per heavy atom. The minimum absolute atomic E-state index is 0.0843. The molecule has 9 nitrogen and oxygen atoms in total. The number of hydrogen-bond donors (Lipinski definition) is 2. The summed E-state index contributed by atoms with van der Waals surface area (Å²) in [6.45, 7) is 8.20. The lowest BCUT2D eigenvalue weighted by Crippen LogP contribution is -2.50. The Balaban J connectivity index is 0.994. The van der Waals surface area contributed by atoms with E-state index >= 15 is 0 Å². The number of urea groups is 1. The van der Waals surface area contributed by atoms with Crippen molar-refractivity contribution in [3.05, 3.63) is 93.0 Å². The van der Waals surface area contributed by atoms with Crippen molar-refractivity contribution in [1.82, 2.24) is 15.1 Å². The number of nitrogens with zero attached hydrogens (tertiary/aromatic N) is 3. The number of rotatable bonds is 13. The Kier molecular flexibility index (Phi) is 13.0. The van der Waals surface area contributed by atoms with Crippen molar-refractivity contribution >= 4 is 52.5 Å². The second kappa shape index (κ2) is 17.6. The highest BCUT2D eigenvalue weighted by Gasteiger charge is 2.23. The summed E-state index contributed by atoms with van der Waals surface area (Å²) in [5, 5.41) is 6.83. The quantitative estimate of drug-likeness (QED) is 0.145. The maximum Gasteiger partial charge on any atom is 0.338 e. The van der Waals surface area contributed by atoms with E-state index in [-0.39, 0.29) is 17.9 Å². The number of ether oxygens (including phenoxy) is 1. The average molecular weight is 695 g/mol. The fourth-order valence-electron chi connectivity index (χ4n) is 6.17. The number of amides is 3. The molecule has 0 radical (unpaired) electrons. The molecule has 2 aliphatic rings. The molecule has 256 valence electrons. The zero-order valence-corrected chi connectivity index (χ0v) is 29.1. The first-order chi connectivity index (χ1) is 23.3. The van der Waals surface area contributed by atoms with Gasteiger partial charge in [0.2, 0.25) is 0 Å². The maximum atomic E-state index is 13.1. The Bertz CT molecular complexity index is 1510. The molecule has 2 saturated heterocycles. The lowest BCUT2D eigenvalue weighted by atomic mass is 10.1. The molecular formula is C37H45Cl2N5O4. The van der Waals surface area contributed by atoms with Crippen molar-refractivity contribution in [2.75, 3.05) is 62.6 Å². The molecule has 5 rings (SSSR count). The molecule has 2 aliphatic heterocycles. The van der Waals surface area contributed by atoms with Crippen molar-refractivity contribution in [2.24, 2.45) is 0 Å². The van der Waals surface area contributed by atoms with E-state index < -0.39 is 0 Å². The second-order valence-electron chi connectivity index (χ2n) is 12.4. The average Bonchev–Trinajstić information content (AvgIpc) is 3.61. The van der Waals surface area contributed by atoms with Crippen molar-refractivity contribution in [1.29, 1.82) is 0 Å². The largest absolute Gasteiger partial charge is 0.462 e. The Hall–Kier alpha value is -3.79. The number of carbonyl (C=O) groups excluding carboxylic acids is 3. The van der Waals surface area contributed by atoms with Crippen LogP contribution in [0.2, 0.25) is 10.0 Å². The zero-order chi connectivity index (χ0) is 33.9. The van der Waals surface area contributed by atoms with Gasteiger partial charge in [-0.15, -0.1) is 0 Å². The summed E-state index contributed by atoms with van der Waals surface area (Å²) in [5.41, 5.74) is 4.89. The highest BCUT2D eigenvalue weighted by Crippen LogP contribution is 2.33. The fraction of sp³-hybridized carbons (Fsp3) is 0.432. The van der Waals surface area contributed by atoms with E-state index in [1.807, 2.05) is 60.7 Å². The molecule has 3 aromatic carbocycles. The van der Waals surface area contributed by atoms with Crippen LogP contribution in [-0.4, -0.2) is 80.1 Å². The number of benzene rings is 3. The summed E-state index contributed by atoms with van der Waals surface area (Å²) in [6, 6.07) is 18.7. The standard InChI is InChI=1S/C37H45Cl2N5O4/c1-2-48-36(46)30-11-9-27(10-12-30)8-4-3-5-17-40-35(45)29-13-15-31(16-14-29)43-20-22-44(23-21-43)37(47)41-34-32(38)24-28(25-33(34)39)26-42-18-6-7-19-42/h9-16,24-25H,2-8,17-23,26H2,1H3,(H,40,45)(H,41,47). The fourth-order valence-corrected chi connectivity index (χ4v) is 6.80. The van der Waals surface area contributed by atoms with Gasteiger partial charge in [0.05, 0.1) is 27.9 Å². The van der Waals surface area contributed by atoms with Crippen LogP contribution in [-0.2, 0) is 17.7 Å². The number of esters is 1. The van der Waals surface area contributed by atoms with Gasteiger partial charge in [-0.3, -0.25) is 9.69 Å². The minimum atomic E-state index is -0.295. The summed E-state index contributed by atoms with van der Waals surface area (Å²) >= 11 is 13.1. The monoisotopic (exact) mass is 693 g/mol. The van der Waals surface area contributed by atoms with Crippen LogP contribution in [0.4, 0.5) is 16.2 Å². The van der Waals surface area contributed by atoms with Crippen LogP contribution in [0.1, 0.15) is 70.9 Å². The van der Waals surface area contributed by atoms with E-state index in [1.54, 1.807) is 11.8 Å². The lowest BCUT2D eigenvalue weighted by Gasteiger charge is -2.36. The molecule has 48 heavy (non-hydrogen) atoms. The highest BCUT2D eigenvalue weighted by atomic mass is 35.5. The van der Waals surface area contributed by atoms with Gasteiger partial charge in [0.25, 0.3) is 5.91 Å². The number of halogens is 2. The molecule has 2 N–H and O–H groups in total. The van der Waals surface area contributed by atoms with Gasteiger partial charge in [-0.1, -0.05) is 41.8 Å². The lowest BCUT2D eigenvalue weighted by molar-refractivity contribution is 0.0526. The Labute approximate surface area is 293 Å². The topological polar surface area (TPSA) is 94.2 Å². The first-order valence-corrected chi connectivity index (χ1v) is 17.7. The Morgan fingerprint density at radius 3 is 2.06 bits per heavy atom. The molecule has 3 aromatic rings. The molecule has 0 spiro atoms. The number of unbranched alkanes of at least 4 members (excludes halogenated alkanes) is 2. The van der Waals surface area contributed by atoms with E-state index in [9.17, 15) is 14.4 Å². The van der Waals surface area contributed by atoms with Gasteiger partial charge in [-0.25, -0.2) is 9.59 Å². The van der Waals surface area contributed by atoms with Crippen LogP contribution < -0.4 is 15.5 Å². The van der Waals surface area contributed by atoms with E-state index in [1.165, 1.54) is 18.4 Å². The zero-order valence-electron chi connectivity index (χ0n) is 27.6. The number of nitrogens with one attached hydrogen (secondary N) is 2. The summed E-state index contributed by atoms with van der Waals surface area (Å²) in [7, 11) is 0. The minimum Gasteiger partial charge on any atom is -0.462 e. The molecule has 0 unspecified atom stereocenters. The molecule has 0 bridgehead atoms. The smallest absolute Gasteiger partial charge is 0.338 e. The van der Waals surface area contributed by atoms with Crippen LogP contribution >= 0.6 is 23.2 Å². The summed E-state index contributed by atoms with van der Waals surface area (Å²) in [4.78, 5) is 43.9. The summed E-state index contributed by atoms with van der Waals surface area (Å²) in [6.07, 6.45) is 6.25. The third-order valence-corrected chi connectivity index (χ3v) is 9.49. The number of hydrogen-bond acceptors (Lipinski definition) is 6. The predicted octanol–water partition coefficient (Wildman–Crippen LogP) is 7.26. The first-order valence-electron chi connectivity index (χ1n) is 17.0. The number of anilines is 2. The molecule has 0 aromatic heterocycles. The van der Waals surface area contributed by atoms with E-state index in [4.69, 9.17) is 27.9 Å². The molecular weight excluding hydrogens is 649 g/mol. The highest BCUT2D eigenvalue weighted by molar-refractivity contribution is 6.39. The van der Waals surface area contributed by atoms with Gasteiger partial charge in [0, 0.05) is 50.5 Å². The van der Waals surface area contributed by atoms with E-state index in [0.29, 0.717) is 66.2 Å². The van der Waals surface area contributed by atoms with Gasteiger partial charge < -0.3 is 25.2 Å². The van der Waals surface area contributed by atoms with Gasteiger partial charge in [0.1, 0.15) is 0 Å². The van der Waals surface area contributed by atoms with Crippen LogP contribution in [0.3, 0.4) is 0 Å². The van der Waals surface area contributed by atoms with Crippen LogP contribution in [0.5, 0.6) is 0 Å². The third kappa shape index (κ3) is 9.87. The van der Waals surface area contributed by atoms with Crippen LogP contribution in [0.15, 0.2) is 60.7 Å². The molecule has 2 fully saturated rings. The predicted molar refractivity (Wildman–Crippen MR) is 193 cm³/mol. The molecule has 0 saturated carbocycles. The van der Waals surface area contributed by atoms with Crippen LogP contribution in [0.25, 0.3) is 0 Å². The van der Waals surface area contributed by atoms with Crippen molar-refractivity contribution < 1.29 is 19.1 Å². The maximum absolute atomic E-state index is 13.1. The van der Waals surface area contributed by atoms with Gasteiger partial charge >= 0.3 is 12.0 Å².